The molecule has 1 saturated heterocycles. The molecule has 2 aromatic carbocycles. The van der Waals surface area contributed by atoms with Gasteiger partial charge in [0.05, 0.1) is 12.1 Å². The molecule has 2 aliphatic rings. The van der Waals surface area contributed by atoms with E-state index in [4.69, 9.17) is 4.74 Å². The largest absolute Gasteiger partial charge is 0.378 e. The van der Waals surface area contributed by atoms with Crippen molar-refractivity contribution >= 4 is 5.69 Å². The van der Waals surface area contributed by atoms with E-state index in [1.165, 1.54) is 17.2 Å². The summed E-state index contributed by atoms with van der Waals surface area (Å²) in [4.78, 5) is 0. The van der Waals surface area contributed by atoms with Gasteiger partial charge in [0.1, 0.15) is 5.82 Å². The molecule has 0 spiro atoms. The van der Waals surface area contributed by atoms with Gasteiger partial charge in [-0.25, -0.2) is 4.39 Å². The number of ether oxygens (including phenoxy) is 1. The lowest BCUT2D eigenvalue weighted by Gasteiger charge is -2.43. The third kappa shape index (κ3) is 2.30. The molecule has 2 aliphatic heterocycles. The lowest BCUT2D eigenvalue weighted by atomic mass is 9.77. The number of anilines is 1. The van der Waals surface area contributed by atoms with Crippen LogP contribution in [0.25, 0.3) is 0 Å². The molecule has 0 amide bonds. The lowest BCUT2D eigenvalue weighted by Crippen LogP contribution is -2.36. The zero-order chi connectivity index (χ0) is 15.1. The van der Waals surface area contributed by atoms with Crippen LogP contribution < -0.4 is 5.32 Å². The van der Waals surface area contributed by atoms with Crippen molar-refractivity contribution in [2.45, 2.75) is 31.9 Å². The third-order valence-electron chi connectivity index (χ3n) is 4.86. The minimum Gasteiger partial charge on any atom is -0.378 e. The summed E-state index contributed by atoms with van der Waals surface area (Å²) in [6.45, 7) is 2.86. The summed E-state index contributed by atoms with van der Waals surface area (Å²) >= 11 is 0. The smallest absolute Gasteiger partial charge is 0.123 e. The highest BCUT2D eigenvalue weighted by Gasteiger charge is 2.39. The van der Waals surface area contributed by atoms with Crippen LogP contribution in [0.3, 0.4) is 0 Å². The van der Waals surface area contributed by atoms with Crippen LogP contribution in [0.5, 0.6) is 0 Å². The summed E-state index contributed by atoms with van der Waals surface area (Å²) < 4.78 is 19.7. The molecule has 0 aromatic heterocycles. The number of hydrogen-bond acceptors (Lipinski definition) is 2. The van der Waals surface area contributed by atoms with Crippen molar-refractivity contribution in [1.82, 2.24) is 0 Å². The van der Waals surface area contributed by atoms with Gasteiger partial charge in [-0.2, -0.15) is 0 Å². The molecule has 1 N–H and O–H groups in total. The van der Waals surface area contributed by atoms with Crippen molar-refractivity contribution in [3.63, 3.8) is 0 Å². The van der Waals surface area contributed by atoms with Crippen molar-refractivity contribution in [1.29, 1.82) is 0 Å². The van der Waals surface area contributed by atoms with Gasteiger partial charge < -0.3 is 10.1 Å². The first-order chi connectivity index (χ1) is 10.7. The first-order valence-corrected chi connectivity index (χ1v) is 7.96. The molecule has 3 atom stereocenters. The molecule has 0 radical (unpaired) electrons. The summed E-state index contributed by atoms with van der Waals surface area (Å²) in [5.74, 6) is 0.160. The van der Waals surface area contributed by atoms with Crippen LogP contribution >= 0.6 is 0 Å². The Morgan fingerprint density at radius 3 is 2.77 bits per heavy atom. The first-order valence-electron chi connectivity index (χ1n) is 7.96. The highest BCUT2D eigenvalue weighted by Crippen LogP contribution is 2.49. The monoisotopic (exact) mass is 297 g/mol. The topological polar surface area (TPSA) is 21.3 Å². The van der Waals surface area contributed by atoms with Crippen LogP contribution in [0, 0.1) is 18.7 Å². The number of nitrogens with one attached hydrogen (secondary N) is 1. The van der Waals surface area contributed by atoms with E-state index in [1.54, 1.807) is 6.07 Å². The van der Waals surface area contributed by atoms with Crippen LogP contribution in [-0.2, 0) is 4.74 Å². The Morgan fingerprint density at radius 1 is 1.14 bits per heavy atom. The molecular weight excluding hydrogens is 277 g/mol. The molecular formula is C19H20FNO. The number of benzene rings is 2. The lowest BCUT2D eigenvalue weighted by molar-refractivity contribution is -0.0382. The number of aryl methyl sites for hydroxylation is 1. The van der Waals surface area contributed by atoms with Crippen molar-refractivity contribution in [2.24, 2.45) is 5.92 Å². The van der Waals surface area contributed by atoms with E-state index in [-0.39, 0.29) is 18.0 Å². The number of rotatable bonds is 1. The SMILES string of the molecule is Cc1ccc(C2Nc3ccc(F)cc3[C@H]3OCCC[C@@H]23)cc1. The fourth-order valence-electron chi connectivity index (χ4n) is 3.75. The van der Waals surface area contributed by atoms with Gasteiger partial charge in [-0.1, -0.05) is 29.8 Å². The Labute approximate surface area is 130 Å². The molecule has 4 rings (SSSR count). The quantitative estimate of drug-likeness (QED) is 0.818. The summed E-state index contributed by atoms with van der Waals surface area (Å²) in [5, 5.41) is 3.61. The molecule has 3 heteroatoms. The Balaban J connectivity index is 1.77. The van der Waals surface area contributed by atoms with Crippen LogP contribution in [0.2, 0.25) is 0 Å². The third-order valence-corrected chi connectivity index (χ3v) is 4.86. The normalized spacial score (nSPS) is 26.7. The molecule has 0 aliphatic carbocycles. The maximum absolute atomic E-state index is 13.6. The van der Waals surface area contributed by atoms with E-state index in [1.807, 2.05) is 6.07 Å². The molecule has 2 nitrogen and oxygen atoms in total. The van der Waals surface area contributed by atoms with Gasteiger partial charge in [0.25, 0.3) is 0 Å². The van der Waals surface area contributed by atoms with Gasteiger partial charge >= 0.3 is 0 Å². The molecule has 114 valence electrons. The molecule has 0 bridgehead atoms. The average Bonchev–Trinajstić information content (AvgIpc) is 2.55. The first kappa shape index (κ1) is 13.8. The Kier molecular flexibility index (Phi) is 3.38. The van der Waals surface area contributed by atoms with Gasteiger partial charge in [-0.15, -0.1) is 0 Å². The van der Waals surface area contributed by atoms with E-state index in [0.29, 0.717) is 5.92 Å². The van der Waals surface area contributed by atoms with E-state index >= 15 is 0 Å². The summed E-state index contributed by atoms with van der Waals surface area (Å²) in [5.41, 5.74) is 4.50. The van der Waals surface area contributed by atoms with Gasteiger partial charge in [-0.05, 0) is 43.5 Å². The van der Waals surface area contributed by atoms with Crippen molar-refractivity contribution in [3.8, 4) is 0 Å². The summed E-state index contributed by atoms with van der Waals surface area (Å²) in [6.07, 6.45) is 2.16. The van der Waals surface area contributed by atoms with E-state index < -0.39 is 0 Å². The van der Waals surface area contributed by atoms with Crippen molar-refractivity contribution < 1.29 is 9.13 Å². The summed E-state index contributed by atoms with van der Waals surface area (Å²) in [6, 6.07) is 13.9. The molecule has 2 heterocycles. The molecule has 1 unspecified atom stereocenters. The molecule has 22 heavy (non-hydrogen) atoms. The Hall–Kier alpha value is -1.87. The minimum absolute atomic E-state index is 0.00740. The highest BCUT2D eigenvalue weighted by molar-refractivity contribution is 5.57. The van der Waals surface area contributed by atoms with Crippen molar-refractivity contribution in [3.05, 3.63) is 65.0 Å². The summed E-state index contributed by atoms with van der Waals surface area (Å²) in [7, 11) is 0. The van der Waals surface area contributed by atoms with Crippen LogP contribution in [0.15, 0.2) is 42.5 Å². The highest BCUT2D eigenvalue weighted by atomic mass is 19.1. The Morgan fingerprint density at radius 2 is 1.95 bits per heavy atom. The zero-order valence-corrected chi connectivity index (χ0v) is 12.7. The van der Waals surface area contributed by atoms with Gasteiger partial charge in [0, 0.05) is 23.8 Å². The van der Waals surface area contributed by atoms with Crippen molar-refractivity contribution in [2.75, 3.05) is 11.9 Å². The van der Waals surface area contributed by atoms with Gasteiger partial charge in [-0.3, -0.25) is 0 Å². The number of fused-ring (bicyclic) bond motifs is 3. The van der Waals surface area contributed by atoms with E-state index in [2.05, 4.69) is 36.5 Å². The number of hydrogen-bond donors (Lipinski definition) is 1. The molecule has 0 saturated carbocycles. The van der Waals surface area contributed by atoms with Crippen LogP contribution in [-0.4, -0.2) is 6.61 Å². The van der Waals surface area contributed by atoms with Gasteiger partial charge in [0.15, 0.2) is 0 Å². The van der Waals surface area contributed by atoms with Crippen LogP contribution in [0.4, 0.5) is 10.1 Å². The predicted molar refractivity (Wildman–Crippen MR) is 85.4 cm³/mol. The fourth-order valence-corrected chi connectivity index (χ4v) is 3.75. The standard InChI is InChI=1S/C19H20FNO/c1-12-4-6-13(7-5-12)18-15-3-2-10-22-19(15)16-11-14(20)8-9-17(16)21-18/h4-9,11,15,18-19,21H,2-3,10H2,1H3/t15-,18?,19-/m0/s1. The van der Waals surface area contributed by atoms with Gasteiger partial charge in [0.2, 0.25) is 0 Å². The number of halogens is 1. The maximum atomic E-state index is 13.6. The van der Waals surface area contributed by atoms with E-state index in [9.17, 15) is 4.39 Å². The zero-order valence-electron chi connectivity index (χ0n) is 12.7. The van der Waals surface area contributed by atoms with Crippen LogP contribution in [0.1, 0.15) is 41.7 Å². The average molecular weight is 297 g/mol. The second-order valence-electron chi connectivity index (χ2n) is 6.36. The molecule has 1 fully saturated rings. The minimum atomic E-state index is -0.192. The predicted octanol–water partition coefficient (Wildman–Crippen LogP) is 4.77. The maximum Gasteiger partial charge on any atom is 0.123 e. The second-order valence-corrected chi connectivity index (χ2v) is 6.36. The Bertz CT molecular complexity index is 682. The fraction of sp³-hybridized carbons (Fsp3) is 0.368. The second kappa shape index (κ2) is 5.40. The molecule has 2 aromatic rings. The van der Waals surface area contributed by atoms with E-state index in [0.717, 1.165) is 30.7 Å².